The van der Waals surface area contributed by atoms with Crippen molar-refractivity contribution in [1.29, 1.82) is 0 Å². The van der Waals surface area contributed by atoms with Gasteiger partial charge in [0.2, 0.25) is 11.7 Å². The zero-order valence-corrected chi connectivity index (χ0v) is 13.5. The molecule has 8 nitrogen and oxygen atoms in total. The number of nitrogens with one attached hydrogen (secondary N) is 1. The molecule has 9 heteroatoms. The number of benzene rings is 1. The van der Waals surface area contributed by atoms with E-state index in [9.17, 15) is 14.0 Å². The number of amides is 1. The van der Waals surface area contributed by atoms with Gasteiger partial charge in [-0.15, -0.1) is 0 Å². The molecule has 0 fully saturated rings. The van der Waals surface area contributed by atoms with E-state index in [0.717, 1.165) is 6.07 Å². The Kier molecular flexibility index (Phi) is 4.70. The summed E-state index contributed by atoms with van der Waals surface area (Å²) in [5.74, 6) is -1.86. The standard InChI is InChI=1S/C17H13FN4O4/c1-9(20-15(23)11-5-6-19-13(8-11)17(24)25)16-21-14(22-26-16)10-3-2-4-12(18)7-10/h2-9H,1H3,(H,20,23)(H,24,25). The molecule has 1 atom stereocenters. The van der Waals surface area contributed by atoms with Gasteiger partial charge in [0, 0.05) is 17.3 Å². The van der Waals surface area contributed by atoms with E-state index in [-0.39, 0.29) is 23.0 Å². The van der Waals surface area contributed by atoms with Crippen LogP contribution in [0.5, 0.6) is 0 Å². The number of pyridine rings is 1. The van der Waals surface area contributed by atoms with E-state index < -0.39 is 23.7 Å². The number of halogens is 1. The first-order valence-electron chi connectivity index (χ1n) is 7.54. The van der Waals surface area contributed by atoms with Gasteiger partial charge >= 0.3 is 5.97 Å². The summed E-state index contributed by atoms with van der Waals surface area (Å²) in [5, 5.41) is 15.3. The number of rotatable bonds is 5. The largest absolute Gasteiger partial charge is 0.477 e. The number of nitrogens with zero attached hydrogens (tertiary/aromatic N) is 3. The molecule has 0 aliphatic rings. The second-order valence-corrected chi connectivity index (χ2v) is 5.40. The minimum atomic E-state index is -1.23. The van der Waals surface area contributed by atoms with Crippen molar-refractivity contribution in [3.05, 3.63) is 65.6 Å². The summed E-state index contributed by atoms with van der Waals surface area (Å²) in [6.07, 6.45) is 1.23. The Morgan fingerprint density at radius 3 is 2.81 bits per heavy atom. The molecule has 3 aromatic rings. The van der Waals surface area contributed by atoms with Crippen LogP contribution in [0.15, 0.2) is 47.1 Å². The summed E-state index contributed by atoms with van der Waals surface area (Å²) in [4.78, 5) is 31.0. The molecule has 0 saturated carbocycles. The van der Waals surface area contributed by atoms with Gasteiger partial charge in [0.15, 0.2) is 0 Å². The molecule has 1 unspecified atom stereocenters. The zero-order chi connectivity index (χ0) is 18.7. The highest BCUT2D eigenvalue weighted by Crippen LogP contribution is 2.19. The lowest BCUT2D eigenvalue weighted by molar-refractivity contribution is 0.0690. The smallest absolute Gasteiger partial charge is 0.354 e. The van der Waals surface area contributed by atoms with Crippen LogP contribution >= 0.6 is 0 Å². The topological polar surface area (TPSA) is 118 Å². The third kappa shape index (κ3) is 3.72. The number of carbonyl (C=O) groups is 2. The maximum Gasteiger partial charge on any atom is 0.354 e. The van der Waals surface area contributed by atoms with Crippen LogP contribution in [-0.4, -0.2) is 32.1 Å². The van der Waals surface area contributed by atoms with Gasteiger partial charge in [-0.1, -0.05) is 17.3 Å². The fourth-order valence-electron chi connectivity index (χ4n) is 2.19. The molecule has 26 heavy (non-hydrogen) atoms. The highest BCUT2D eigenvalue weighted by molar-refractivity contribution is 5.96. The van der Waals surface area contributed by atoms with Crippen LogP contribution in [0.3, 0.4) is 0 Å². The summed E-state index contributed by atoms with van der Waals surface area (Å²) < 4.78 is 18.4. The first-order chi connectivity index (χ1) is 12.4. The number of carbonyl (C=O) groups excluding carboxylic acids is 1. The Morgan fingerprint density at radius 1 is 1.27 bits per heavy atom. The maximum absolute atomic E-state index is 13.3. The molecule has 132 valence electrons. The van der Waals surface area contributed by atoms with Gasteiger partial charge in [-0.25, -0.2) is 14.2 Å². The molecule has 0 aliphatic carbocycles. The van der Waals surface area contributed by atoms with E-state index in [2.05, 4.69) is 20.4 Å². The molecule has 3 rings (SSSR count). The van der Waals surface area contributed by atoms with Crippen LogP contribution in [0.25, 0.3) is 11.4 Å². The van der Waals surface area contributed by atoms with E-state index in [0.29, 0.717) is 5.56 Å². The van der Waals surface area contributed by atoms with Crippen molar-refractivity contribution in [3.63, 3.8) is 0 Å². The van der Waals surface area contributed by atoms with Crippen molar-refractivity contribution in [2.24, 2.45) is 0 Å². The minimum Gasteiger partial charge on any atom is -0.477 e. The molecule has 2 N–H and O–H groups in total. The molecular formula is C17H13FN4O4. The fourth-order valence-corrected chi connectivity index (χ4v) is 2.19. The lowest BCUT2D eigenvalue weighted by Crippen LogP contribution is -2.27. The first-order valence-corrected chi connectivity index (χ1v) is 7.54. The predicted molar refractivity (Wildman–Crippen MR) is 86.8 cm³/mol. The molecule has 2 heterocycles. The highest BCUT2D eigenvalue weighted by Gasteiger charge is 2.19. The number of aromatic nitrogens is 3. The molecule has 2 aromatic heterocycles. The summed E-state index contributed by atoms with van der Waals surface area (Å²) in [6, 6.07) is 7.63. The molecule has 0 aliphatic heterocycles. The SMILES string of the molecule is CC(NC(=O)c1ccnc(C(=O)O)c1)c1nc(-c2cccc(F)c2)no1. The lowest BCUT2D eigenvalue weighted by atomic mass is 10.2. The van der Waals surface area contributed by atoms with Crippen molar-refractivity contribution in [1.82, 2.24) is 20.4 Å². The van der Waals surface area contributed by atoms with Crippen LogP contribution in [0.4, 0.5) is 4.39 Å². The maximum atomic E-state index is 13.3. The number of carboxylic acids is 1. The van der Waals surface area contributed by atoms with Crippen LogP contribution in [0.2, 0.25) is 0 Å². The fraction of sp³-hybridized carbons (Fsp3) is 0.118. The van der Waals surface area contributed by atoms with Crippen LogP contribution in [0.1, 0.15) is 39.7 Å². The molecule has 0 radical (unpaired) electrons. The van der Waals surface area contributed by atoms with Crippen molar-refractivity contribution in [2.45, 2.75) is 13.0 Å². The van der Waals surface area contributed by atoms with Crippen LogP contribution in [-0.2, 0) is 0 Å². The Balaban J connectivity index is 1.74. The van der Waals surface area contributed by atoms with Gasteiger partial charge in [0.25, 0.3) is 5.91 Å². The Hall–Kier alpha value is -3.62. The average Bonchev–Trinajstić information content (AvgIpc) is 3.12. The van der Waals surface area contributed by atoms with Crippen molar-refractivity contribution in [2.75, 3.05) is 0 Å². The minimum absolute atomic E-state index is 0.130. The van der Waals surface area contributed by atoms with Crippen LogP contribution in [0, 0.1) is 5.82 Å². The van der Waals surface area contributed by atoms with Crippen molar-refractivity contribution in [3.8, 4) is 11.4 Å². The summed E-state index contributed by atoms with van der Waals surface area (Å²) >= 11 is 0. The van der Waals surface area contributed by atoms with Crippen molar-refractivity contribution < 1.29 is 23.6 Å². The number of carboxylic acid groups (broad SMARTS) is 1. The summed E-state index contributed by atoms with van der Waals surface area (Å²) in [6.45, 7) is 1.63. The molecule has 1 aromatic carbocycles. The second kappa shape index (κ2) is 7.09. The summed E-state index contributed by atoms with van der Waals surface area (Å²) in [5.41, 5.74) is 0.337. The first kappa shape index (κ1) is 17.2. The molecule has 0 spiro atoms. The third-order valence-electron chi connectivity index (χ3n) is 3.48. The third-order valence-corrected chi connectivity index (χ3v) is 3.48. The van der Waals surface area contributed by atoms with E-state index in [4.69, 9.17) is 9.63 Å². The molecule has 1 amide bonds. The predicted octanol–water partition coefficient (Wildman–Crippen LogP) is 2.46. The van der Waals surface area contributed by atoms with Gasteiger partial charge in [-0.3, -0.25) is 4.79 Å². The Bertz CT molecular complexity index is 973. The number of hydrogen-bond acceptors (Lipinski definition) is 6. The molecular weight excluding hydrogens is 343 g/mol. The van der Waals surface area contributed by atoms with E-state index >= 15 is 0 Å². The molecule has 0 bridgehead atoms. The van der Waals surface area contributed by atoms with Gasteiger partial charge in [0.05, 0.1) is 0 Å². The second-order valence-electron chi connectivity index (χ2n) is 5.40. The lowest BCUT2D eigenvalue weighted by Gasteiger charge is -2.09. The zero-order valence-electron chi connectivity index (χ0n) is 13.5. The van der Waals surface area contributed by atoms with E-state index in [1.807, 2.05) is 0 Å². The highest BCUT2D eigenvalue weighted by atomic mass is 19.1. The molecule has 0 saturated heterocycles. The van der Waals surface area contributed by atoms with E-state index in [1.54, 1.807) is 13.0 Å². The van der Waals surface area contributed by atoms with Gasteiger partial charge < -0.3 is 14.9 Å². The number of aromatic carboxylic acids is 1. The van der Waals surface area contributed by atoms with Gasteiger partial charge in [-0.2, -0.15) is 4.98 Å². The monoisotopic (exact) mass is 356 g/mol. The quantitative estimate of drug-likeness (QED) is 0.721. The normalized spacial score (nSPS) is 11.8. The van der Waals surface area contributed by atoms with E-state index in [1.165, 1.54) is 30.5 Å². The Labute approximate surface area is 146 Å². The number of hydrogen-bond donors (Lipinski definition) is 2. The van der Waals surface area contributed by atoms with Gasteiger partial charge in [0.1, 0.15) is 17.6 Å². The summed E-state index contributed by atoms with van der Waals surface area (Å²) in [7, 11) is 0. The van der Waals surface area contributed by atoms with Crippen molar-refractivity contribution >= 4 is 11.9 Å². The average molecular weight is 356 g/mol. The van der Waals surface area contributed by atoms with Crippen LogP contribution < -0.4 is 5.32 Å². The van der Waals surface area contributed by atoms with Gasteiger partial charge in [-0.05, 0) is 31.2 Å². The Morgan fingerprint density at radius 2 is 2.08 bits per heavy atom.